The molecule has 0 saturated carbocycles. The molecule has 2 aromatic carbocycles. The molecule has 0 amide bonds. The second kappa shape index (κ2) is 5.58. The van der Waals surface area contributed by atoms with Gasteiger partial charge in [-0.05, 0) is 61.7 Å². The molecular formula is C17H18N2. The Hall–Kier alpha value is -2.27. The fourth-order valence-electron chi connectivity index (χ4n) is 2.01. The lowest BCUT2D eigenvalue weighted by molar-refractivity contribution is 0.884. The molecule has 1 unspecified atom stereocenters. The lowest BCUT2D eigenvalue weighted by Crippen LogP contribution is -2.06. The minimum Gasteiger partial charge on any atom is -0.379 e. The molecule has 0 aliphatic rings. The van der Waals surface area contributed by atoms with Gasteiger partial charge in [-0.3, -0.25) is 0 Å². The quantitative estimate of drug-likeness (QED) is 0.879. The summed E-state index contributed by atoms with van der Waals surface area (Å²) in [7, 11) is 0. The third-order valence-electron chi connectivity index (χ3n) is 3.43. The van der Waals surface area contributed by atoms with E-state index < -0.39 is 0 Å². The van der Waals surface area contributed by atoms with Crippen LogP contribution in [0.15, 0.2) is 42.5 Å². The minimum atomic E-state index is 0.217. The SMILES string of the molecule is Cc1ccc(NC(C)c2ccc(C#N)cc2)cc1C. The molecule has 1 atom stereocenters. The molecule has 2 nitrogen and oxygen atoms in total. The van der Waals surface area contributed by atoms with Crippen molar-refractivity contribution in [1.82, 2.24) is 0 Å². The Labute approximate surface area is 114 Å². The molecule has 0 aliphatic carbocycles. The monoisotopic (exact) mass is 250 g/mol. The summed E-state index contributed by atoms with van der Waals surface area (Å²) in [5.41, 5.74) is 5.59. The molecule has 96 valence electrons. The maximum atomic E-state index is 8.79. The van der Waals surface area contributed by atoms with E-state index in [0.717, 1.165) is 5.69 Å². The summed E-state index contributed by atoms with van der Waals surface area (Å²) >= 11 is 0. The highest BCUT2D eigenvalue weighted by Crippen LogP contribution is 2.21. The van der Waals surface area contributed by atoms with Crippen molar-refractivity contribution in [3.8, 4) is 6.07 Å². The second-order valence-electron chi connectivity index (χ2n) is 4.90. The fraction of sp³-hybridized carbons (Fsp3) is 0.235. The Morgan fingerprint density at radius 3 is 2.26 bits per heavy atom. The van der Waals surface area contributed by atoms with Gasteiger partial charge in [0.2, 0.25) is 0 Å². The van der Waals surface area contributed by atoms with E-state index in [1.165, 1.54) is 16.7 Å². The van der Waals surface area contributed by atoms with Gasteiger partial charge in [0, 0.05) is 11.7 Å². The van der Waals surface area contributed by atoms with Crippen molar-refractivity contribution in [3.63, 3.8) is 0 Å². The number of aryl methyl sites for hydroxylation is 2. The van der Waals surface area contributed by atoms with E-state index in [1.807, 2.05) is 24.3 Å². The molecule has 2 heteroatoms. The maximum Gasteiger partial charge on any atom is 0.0991 e. The summed E-state index contributed by atoms with van der Waals surface area (Å²) in [4.78, 5) is 0. The topological polar surface area (TPSA) is 35.8 Å². The van der Waals surface area contributed by atoms with Gasteiger partial charge < -0.3 is 5.32 Å². The second-order valence-corrected chi connectivity index (χ2v) is 4.90. The zero-order valence-electron chi connectivity index (χ0n) is 11.6. The van der Waals surface area contributed by atoms with Crippen LogP contribution in [0.2, 0.25) is 0 Å². The Morgan fingerprint density at radius 1 is 1.00 bits per heavy atom. The average Bonchev–Trinajstić information content (AvgIpc) is 2.43. The van der Waals surface area contributed by atoms with Crippen LogP contribution >= 0.6 is 0 Å². The number of benzene rings is 2. The summed E-state index contributed by atoms with van der Waals surface area (Å²) in [5.74, 6) is 0. The molecule has 0 saturated heterocycles. The molecule has 1 N–H and O–H groups in total. The summed E-state index contributed by atoms with van der Waals surface area (Å²) < 4.78 is 0. The van der Waals surface area contributed by atoms with E-state index in [0.29, 0.717) is 5.56 Å². The van der Waals surface area contributed by atoms with Crippen LogP contribution < -0.4 is 5.32 Å². The molecule has 0 aliphatic heterocycles. The average molecular weight is 250 g/mol. The molecule has 0 aromatic heterocycles. The minimum absolute atomic E-state index is 0.217. The summed E-state index contributed by atoms with van der Waals surface area (Å²) in [5, 5.41) is 12.3. The molecule has 0 heterocycles. The number of nitrogens with zero attached hydrogens (tertiary/aromatic N) is 1. The Kier molecular flexibility index (Phi) is 3.87. The van der Waals surface area contributed by atoms with Crippen molar-refractivity contribution in [1.29, 1.82) is 5.26 Å². The van der Waals surface area contributed by atoms with Gasteiger partial charge in [-0.2, -0.15) is 5.26 Å². The Bertz CT molecular complexity index is 606. The van der Waals surface area contributed by atoms with Crippen LogP contribution in [-0.4, -0.2) is 0 Å². The highest BCUT2D eigenvalue weighted by atomic mass is 14.9. The number of hydrogen-bond acceptors (Lipinski definition) is 2. The molecule has 0 fully saturated rings. The zero-order chi connectivity index (χ0) is 13.8. The molecule has 0 spiro atoms. The largest absolute Gasteiger partial charge is 0.379 e. The van der Waals surface area contributed by atoms with Crippen LogP contribution in [0.1, 0.15) is 35.2 Å². The van der Waals surface area contributed by atoms with Crippen LogP contribution in [0.5, 0.6) is 0 Å². The van der Waals surface area contributed by atoms with Gasteiger partial charge in [-0.15, -0.1) is 0 Å². The molecular weight excluding hydrogens is 232 g/mol. The van der Waals surface area contributed by atoms with Crippen molar-refractivity contribution >= 4 is 5.69 Å². The van der Waals surface area contributed by atoms with Crippen molar-refractivity contribution < 1.29 is 0 Å². The number of nitrogens with one attached hydrogen (secondary N) is 1. The zero-order valence-corrected chi connectivity index (χ0v) is 11.6. The number of hydrogen-bond donors (Lipinski definition) is 1. The van der Waals surface area contributed by atoms with Crippen molar-refractivity contribution in [3.05, 3.63) is 64.7 Å². The number of rotatable bonds is 3. The van der Waals surface area contributed by atoms with Crippen LogP contribution in [0.4, 0.5) is 5.69 Å². The van der Waals surface area contributed by atoms with Gasteiger partial charge in [0.05, 0.1) is 11.6 Å². The number of anilines is 1. The van der Waals surface area contributed by atoms with Crippen molar-refractivity contribution in [2.45, 2.75) is 26.8 Å². The molecule has 2 aromatic rings. The predicted molar refractivity (Wildman–Crippen MR) is 79.1 cm³/mol. The summed E-state index contributed by atoms with van der Waals surface area (Å²) in [6.07, 6.45) is 0. The van der Waals surface area contributed by atoms with E-state index in [-0.39, 0.29) is 6.04 Å². The Morgan fingerprint density at radius 2 is 1.68 bits per heavy atom. The van der Waals surface area contributed by atoms with E-state index in [4.69, 9.17) is 5.26 Å². The van der Waals surface area contributed by atoms with Crippen molar-refractivity contribution in [2.24, 2.45) is 0 Å². The molecule has 0 bridgehead atoms. The van der Waals surface area contributed by atoms with E-state index in [1.54, 1.807) is 0 Å². The Balaban J connectivity index is 2.13. The fourth-order valence-corrected chi connectivity index (χ4v) is 2.01. The van der Waals surface area contributed by atoms with Gasteiger partial charge >= 0.3 is 0 Å². The normalized spacial score (nSPS) is 11.7. The van der Waals surface area contributed by atoms with Crippen LogP contribution in [-0.2, 0) is 0 Å². The third kappa shape index (κ3) is 3.14. The first-order chi connectivity index (χ1) is 9.10. The van der Waals surface area contributed by atoms with Gasteiger partial charge in [-0.1, -0.05) is 18.2 Å². The van der Waals surface area contributed by atoms with E-state index >= 15 is 0 Å². The van der Waals surface area contributed by atoms with Gasteiger partial charge in [0.15, 0.2) is 0 Å². The first-order valence-corrected chi connectivity index (χ1v) is 6.44. The predicted octanol–water partition coefficient (Wildman–Crippen LogP) is 4.35. The standard InChI is InChI=1S/C17H18N2/c1-12-4-9-17(10-13(12)2)19-14(3)16-7-5-15(11-18)6-8-16/h4-10,14,19H,1-3H3. The third-order valence-corrected chi connectivity index (χ3v) is 3.43. The first kappa shape index (κ1) is 13.2. The summed E-state index contributed by atoms with van der Waals surface area (Å²) in [6.45, 7) is 6.35. The highest BCUT2D eigenvalue weighted by molar-refractivity contribution is 5.50. The van der Waals surface area contributed by atoms with Crippen LogP contribution in [0, 0.1) is 25.2 Å². The lowest BCUT2D eigenvalue weighted by Gasteiger charge is -2.16. The van der Waals surface area contributed by atoms with Crippen LogP contribution in [0.25, 0.3) is 0 Å². The van der Waals surface area contributed by atoms with Crippen LogP contribution in [0.3, 0.4) is 0 Å². The van der Waals surface area contributed by atoms with E-state index in [9.17, 15) is 0 Å². The highest BCUT2D eigenvalue weighted by Gasteiger charge is 2.05. The van der Waals surface area contributed by atoms with Gasteiger partial charge in [0.1, 0.15) is 0 Å². The first-order valence-electron chi connectivity index (χ1n) is 6.44. The van der Waals surface area contributed by atoms with Crippen molar-refractivity contribution in [2.75, 3.05) is 5.32 Å². The summed E-state index contributed by atoms with van der Waals surface area (Å²) in [6, 6.07) is 16.4. The van der Waals surface area contributed by atoms with Gasteiger partial charge in [0.25, 0.3) is 0 Å². The smallest absolute Gasteiger partial charge is 0.0991 e. The molecule has 2 rings (SSSR count). The number of nitriles is 1. The molecule has 19 heavy (non-hydrogen) atoms. The van der Waals surface area contributed by atoms with E-state index in [2.05, 4.69) is 50.4 Å². The molecule has 0 radical (unpaired) electrons. The van der Waals surface area contributed by atoms with Gasteiger partial charge in [-0.25, -0.2) is 0 Å². The maximum absolute atomic E-state index is 8.79. The lowest BCUT2D eigenvalue weighted by atomic mass is 10.1.